The molecule has 1 aromatic heterocycles. The average Bonchev–Trinajstić information content (AvgIpc) is 2.87. The summed E-state index contributed by atoms with van der Waals surface area (Å²) in [5.74, 6) is 2.66. The van der Waals surface area contributed by atoms with Gasteiger partial charge in [0.25, 0.3) is 0 Å². The van der Waals surface area contributed by atoms with Crippen LogP contribution in [-0.4, -0.2) is 29.6 Å². The van der Waals surface area contributed by atoms with E-state index in [1.807, 2.05) is 55.5 Å². The van der Waals surface area contributed by atoms with Crippen molar-refractivity contribution in [1.29, 1.82) is 0 Å². The van der Waals surface area contributed by atoms with Crippen LogP contribution in [0.15, 0.2) is 54.7 Å². The summed E-state index contributed by atoms with van der Waals surface area (Å²) in [6, 6.07) is 15.4. The molecule has 0 aliphatic heterocycles. The summed E-state index contributed by atoms with van der Waals surface area (Å²) in [6.07, 6.45) is 9.07. The molecule has 4 rings (SSSR count). The quantitative estimate of drug-likeness (QED) is 0.434. The lowest BCUT2D eigenvalue weighted by Gasteiger charge is -2.22. The van der Waals surface area contributed by atoms with Crippen molar-refractivity contribution in [3.8, 4) is 22.8 Å². The second-order valence-electron chi connectivity index (χ2n) is 8.79. The monoisotopic (exact) mass is 459 g/mol. The number of benzene rings is 2. The largest absolute Gasteiger partial charge is 0.497 e. The van der Waals surface area contributed by atoms with Crippen molar-refractivity contribution >= 4 is 11.7 Å². The smallest absolute Gasteiger partial charge is 0.229 e. The third kappa shape index (κ3) is 6.34. The zero-order valence-electron chi connectivity index (χ0n) is 20.0. The van der Waals surface area contributed by atoms with Gasteiger partial charge in [0.1, 0.15) is 11.5 Å². The summed E-state index contributed by atoms with van der Waals surface area (Å²) in [6.45, 7) is 2.57. The van der Waals surface area contributed by atoms with Gasteiger partial charge in [0, 0.05) is 5.56 Å². The molecule has 1 aliphatic carbocycles. The van der Waals surface area contributed by atoms with Crippen molar-refractivity contribution in [3.05, 3.63) is 66.0 Å². The highest BCUT2D eigenvalue weighted by molar-refractivity contribution is 5.92. The zero-order chi connectivity index (χ0) is 23.8. The van der Waals surface area contributed by atoms with E-state index in [0.717, 1.165) is 40.4 Å². The van der Waals surface area contributed by atoms with Crippen molar-refractivity contribution in [1.82, 2.24) is 9.97 Å². The van der Waals surface area contributed by atoms with Gasteiger partial charge in [-0.25, -0.2) is 9.97 Å². The number of amides is 1. The van der Waals surface area contributed by atoms with Gasteiger partial charge in [-0.1, -0.05) is 44.2 Å². The number of rotatable bonds is 9. The lowest BCUT2D eigenvalue weighted by molar-refractivity contribution is -0.115. The van der Waals surface area contributed by atoms with Crippen molar-refractivity contribution in [2.24, 2.45) is 5.92 Å². The molecule has 1 saturated carbocycles. The first-order valence-corrected chi connectivity index (χ1v) is 12.2. The molecule has 1 N–H and O–H groups in total. The molecule has 0 spiro atoms. The second-order valence-corrected chi connectivity index (χ2v) is 8.79. The van der Waals surface area contributed by atoms with Gasteiger partial charge < -0.3 is 14.8 Å². The minimum absolute atomic E-state index is 0.0967. The Kier molecular flexibility index (Phi) is 8.12. The Morgan fingerprint density at radius 3 is 2.38 bits per heavy atom. The molecule has 1 fully saturated rings. The maximum absolute atomic E-state index is 12.8. The highest BCUT2D eigenvalue weighted by atomic mass is 16.5. The number of nitrogens with zero attached hydrogens (tertiary/aromatic N) is 2. The fraction of sp³-hybridized carbons (Fsp3) is 0.393. The van der Waals surface area contributed by atoms with Crippen LogP contribution in [0.25, 0.3) is 11.3 Å². The zero-order valence-corrected chi connectivity index (χ0v) is 20.0. The minimum Gasteiger partial charge on any atom is -0.497 e. The normalized spacial score (nSPS) is 13.9. The van der Waals surface area contributed by atoms with E-state index in [-0.39, 0.29) is 12.3 Å². The summed E-state index contributed by atoms with van der Waals surface area (Å²) in [4.78, 5) is 22.4. The standard InChI is InChI=1S/C28H33N3O3/c1-3-34-24-13-9-21(10-14-24)18-27(32)31-28-25(17-20-7-5-4-6-8-20)30-26(19-29-28)22-11-15-23(33-2)16-12-22/h9-16,19-20H,3-8,17-18H2,1-2H3,(H,29,31,32). The average molecular weight is 460 g/mol. The van der Waals surface area contributed by atoms with Crippen LogP contribution in [0.3, 0.4) is 0 Å². The summed E-state index contributed by atoms with van der Waals surface area (Å²) in [5, 5.41) is 3.02. The van der Waals surface area contributed by atoms with Gasteiger partial charge in [0.2, 0.25) is 5.91 Å². The fourth-order valence-electron chi connectivity index (χ4n) is 4.47. The molecule has 178 valence electrons. The maximum Gasteiger partial charge on any atom is 0.229 e. The molecule has 6 heteroatoms. The Labute approximate surface area is 201 Å². The predicted molar refractivity (Wildman–Crippen MR) is 134 cm³/mol. The molecule has 0 atom stereocenters. The van der Waals surface area contributed by atoms with Gasteiger partial charge in [-0.3, -0.25) is 4.79 Å². The number of hydrogen-bond donors (Lipinski definition) is 1. The molecule has 6 nitrogen and oxygen atoms in total. The summed E-state index contributed by atoms with van der Waals surface area (Å²) < 4.78 is 10.8. The van der Waals surface area contributed by atoms with Crippen LogP contribution < -0.4 is 14.8 Å². The number of ether oxygens (including phenoxy) is 2. The first kappa shape index (κ1) is 23.7. The van der Waals surface area contributed by atoms with Crippen LogP contribution in [0.5, 0.6) is 11.5 Å². The molecule has 34 heavy (non-hydrogen) atoms. The van der Waals surface area contributed by atoms with E-state index in [4.69, 9.17) is 14.5 Å². The van der Waals surface area contributed by atoms with Crippen LogP contribution in [-0.2, 0) is 17.6 Å². The SMILES string of the molecule is CCOc1ccc(CC(=O)Nc2ncc(-c3ccc(OC)cc3)nc2CC2CCCCC2)cc1. The fourth-order valence-corrected chi connectivity index (χ4v) is 4.47. The number of anilines is 1. The van der Waals surface area contributed by atoms with Crippen LogP contribution in [0.2, 0.25) is 0 Å². The molecular weight excluding hydrogens is 426 g/mol. The Morgan fingerprint density at radius 2 is 1.71 bits per heavy atom. The maximum atomic E-state index is 12.8. The van der Waals surface area contributed by atoms with Gasteiger partial charge in [-0.15, -0.1) is 0 Å². The lowest BCUT2D eigenvalue weighted by atomic mass is 9.86. The van der Waals surface area contributed by atoms with E-state index in [9.17, 15) is 4.79 Å². The molecule has 0 unspecified atom stereocenters. The number of nitrogens with one attached hydrogen (secondary N) is 1. The molecule has 0 saturated heterocycles. The lowest BCUT2D eigenvalue weighted by Crippen LogP contribution is -2.19. The molecular formula is C28H33N3O3. The van der Waals surface area contributed by atoms with Crippen LogP contribution in [0.1, 0.15) is 50.3 Å². The topological polar surface area (TPSA) is 73.3 Å². The molecule has 1 aliphatic rings. The van der Waals surface area contributed by atoms with Crippen molar-refractivity contribution < 1.29 is 14.3 Å². The third-order valence-corrected chi connectivity index (χ3v) is 6.29. The predicted octanol–water partition coefficient (Wildman–Crippen LogP) is 5.85. The van der Waals surface area contributed by atoms with Crippen LogP contribution in [0.4, 0.5) is 5.82 Å². The Hall–Kier alpha value is -3.41. The first-order chi connectivity index (χ1) is 16.6. The Morgan fingerprint density at radius 1 is 1.00 bits per heavy atom. The van der Waals surface area contributed by atoms with Gasteiger partial charge >= 0.3 is 0 Å². The van der Waals surface area contributed by atoms with E-state index in [0.29, 0.717) is 18.3 Å². The number of aromatic nitrogens is 2. The van der Waals surface area contributed by atoms with Crippen molar-refractivity contribution in [3.63, 3.8) is 0 Å². The van der Waals surface area contributed by atoms with Gasteiger partial charge in [0.15, 0.2) is 5.82 Å². The van der Waals surface area contributed by atoms with E-state index < -0.39 is 0 Å². The number of hydrogen-bond acceptors (Lipinski definition) is 5. The highest BCUT2D eigenvalue weighted by Gasteiger charge is 2.19. The van der Waals surface area contributed by atoms with Crippen molar-refractivity contribution in [2.75, 3.05) is 19.0 Å². The van der Waals surface area contributed by atoms with Crippen molar-refractivity contribution in [2.45, 2.75) is 51.9 Å². The van der Waals surface area contributed by atoms with E-state index in [2.05, 4.69) is 10.3 Å². The van der Waals surface area contributed by atoms with Gasteiger partial charge in [0.05, 0.1) is 37.7 Å². The van der Waals surface area contributed by atoms with E-state index >= 15 is 0 Å². The summed E-state index contributed by atoms with van der Waals surface area (Å²) in [7, 11) is 1.65. The summed E-state index contributed by atoms with van der Waals surface area (Å²) >= 11 is 0. The van der Waals surface area contributed by atoms with Gasteiger partial charge in [-0.2, -0.15) is 0 Å². The third-order valence-electron chi connectivity index (χ3n) is 6.29. The highest BCUT2D eigenvalue weighted by Crippen LogP contribution is 2.29. The second kappa shape index (κ2) is 11.6. The number of methoxy groups -OCH3 is 1. The minimum atomic E-state index is -0.0967. The molecule has 0 bridgehead atoms. The number of carbonyl (C=O) groups is 1. The van der Waals surface area contributed by atoms with Crippen LogP contribution in [0, 0.1) is 5.92 Å². The molecule has 0 radical (unpaired) electrons. The summed E-state index contributed by atoms with van der Waals surface area (Å²) in [5.41, 5.74) is 3.57. The van der Waals surface area contributed by atoms with Gasteiger partial charge in [-0.05, 0) is 61.2 Å². The van der Waals surface area contributed by atoms with E-state index in [1.165, 1.54) is 32.1 Å². The Bertz CT molecular complexity index is 1080. The number of carbonyl (C=O) groups excluding carboxylic acids is 1. The molecule has 1 heterocycles. The molecule has 2 aromatic carbocycles. The molecule has 3 aromatic rings. The van der Waals surface area contributed by atoms with E-state index in [1.54, 1.807) is 13.3 Å². The Balaban J connectivity index is 1.52. The first-order valence-electron chi connectivity index (χ1n) is 12.2. The molecule has 1 amide bonds. The van der Waals surface area contributed by atoms with Crippen LogP contribution >= 0.6 is 0 Å².